The maximum atomic E-state index is 11.1. The van der Waals surface area contributed by atoms with Gasteiger partial charge in [0.25, 0.3) is 0 Å². The number of benzene rings is 1. The zero-order valence-electron chi connectivity index (χ0n) is 11.5. The van der Waals surface area contributed by atoms with Gasteiger partial charge in [-0.15, -0.1) is 0 Å². The highest BCUT2D eigenvalue weighted by molar-refractivity contribution is 5.93. The van der Waals surface area contributed by atoms with Crippen LogP contribution in [0.15, 0.2) is 18.2 Å². The first-order valence-corrected chi connectivity index (χ1v) is 7.26. The number of primary amides is 1. The topological polar surface area (TPSA) is 55.1 Å². The molecule has 3 nitrogen and oxygen atoms in total. The standard InChI is InChI=1S/C16H22N2O/c1-10-6-13(16(17)19)4-5-14(10)9-18-15-8-11-2-3-12(15)7-11/h4-6,11-12,15,18H,2-3,7-9H2,1H3,(H2,17,19). The number of amides is 1. The molecule has 1 aromatic rings. The molecule has 2 saturated carbocycles. The molecule has 3 N–H and O–H groups in total. The molecular weight excluding hydrogens is 236 g/mol. The largest absolute Gasteiger partial charge is 0.366 e. The number of aryl methyl sites for hydroxylation is 1. The predicted molar refractivity (Wildman–Crippen MR) is 75.8 cm³/mol. The van der Waals surface area contributed by atoms with Crippen LogP contribution in [0.4, 0.5) is 0 Å². The van der Waals surface area contributed by atoms with Crippen molar-refractivity contribution in [3.8, 4) is 0 Å². The van der Waals surface area contributed by atoms with E-state index in [0.29, 0.717) is 11.6 Å². The lowest BCUT2D eigenvalue weighted by atomic mass is 9.95. The van der Waals surface area contributed by atoms with Gasteiger partial charge in [0, 0.05) is 18.2 Å². The third-order valence-electron chi connectivity index (χ3n) is 4.92. The molecule has 2 bridgehead atoms. The molecule has 3 unspecified atom stereocenters. The molecule has 2 fully saturated rings. The first-order valence-electron chi connectivity index (χ1n) is 7.26. The van der Waals surface area contributed by atoms with Gasteiger partial charge in [-0.2, -0.15) is 0 Å². The molecular formula is C16H22N2O. The number of nitrogens with one attached hydrogen (secondary N) is 1. The summed E-state index contributed by atoms with van der Waals surface area (Å²) < 4.78 is 0. The molecule has 3 heteroatoms. The van der Waals surface area contributed by atoms with Gasteiger partial charge in [0.1, 0.15) is 0 Å². The maximum absolute atomic E-state index is 11.1. The number of rotatable bonds is 4. The van der Waals surface area contributed by atoms with Crippen molar-refractivity contribution in [3.05, 3.63) is 34.9 Å². The second kappa shape index (κ2) is 4.97. The molecule has 1 aromatic carbocycles. The first kappa shape index (κ1) is 12.7. The van der Waals surface area contributed by atoms with Crippen LogP contribution in [0.1, 0.15) is 47.2 Å². The third-order valence-corrected chi connectivity index (χ3v) is 4.92. The molecule has 2 aliphatic carbocycles. The van der Waals surface area contributed by atoms with Crippen LogP contribution in [-0.4, -0.2) is 11.9 Å². The Morgan fingerprint density at radius 3 is 2.79 bits per heavy atom. The lowest BCUT2D eigenvalue weighted by molar-refractivity contribution is 0.1000. The molecule has 19 heavy (non-hydrogen) atoms. The number of fused-ring (bicyclic) bond motifs is 2. The smallest absolute Gasteiger partial charge is 0.248 e. The summed E-state index contributed by atoms with van der Waals surface area (Å²) in [5.41, 5.74) is 8.31. The van der Waals surface area contributed by atoms with Crippen LogP contribution in [0, 0.1) is 18.8 Å². The molecule has 0 radical (unpaired) electrons. The molecule has 3 atom stereocenters. The molecule has 3 rings (SSSR count). The SMILES string of the molecule is Cc1cc(C(N)=O)ccc1CNC1CC2CCC1C2. The Morgan fingerprint density at radius 2 is 2.21 bits per heavy atom. The van der Waals surface area contributed by atoms with Gasteiger partial charge in [-0.25, -0.2) is 0 Å². The zero-order valence-corrected chi connectivity index (χ0v) is 11.5. The van der Waals surface area contributed by atoms with Crippen molar-refractivity contribution in [2.24, 2.45) is 17.6 Å². The highest BCUT2D eigenvalue weighted by Gasteiger charge is 2.38. The van der Waals surface area contributed by atoms with E-state index in [4.69, 9.17) is 5.73 Å². The second-order valence-corrected chi connectivity index (χ2v) is 6.17. The molecule has 0 aliphatic heterocycles. The minimum atomic E-state index is -0.351. The summed E-state index contributed by atoms with van der Waals surface area (Å²) >= 11 is 0. The lowest BCUT2D eigenvalue weighted by Gasteiger charge is -2.23. The third kappa shape index (κ3) is 2.52. The van der Waals surface area contributed by atoms with Crippen LogP contribution in [0.2, 0.25) is 0 Å². The Labute approximate surface area is 114 Å². The zero-order chi connectivity index (χ0) is 13.4. The first-order chi connectivity index (χ1) is 9.13. The second-order valence-electron chi connectivity index (χ2n) is 6.17. The van der Waals surface area contributed by atoms with E-state index in [1.54, 1.807) is 0 Å². The number of nitrogens with two attached hydrogens (primary N) is 1. The summed E-state index contributed by atoms with van der Waals surface area (Å²) in [5.74, 6) is 1.52. The molecule has 1 amide bonds. The van der Waals surface area contributed by atoms with E-state index in [-0.39, 0.29) is 5.91 Å². The van der Waals surface area contributed by atoms with Gasteiger partial charge in [-0.3, -0.25) is 4.79 Å². The molecule has 0 aromatic heterocycles. The van der Waals surface area contributed by atoms with Crippen molar-refractivity contribution in [1.82, 2.24) is 5.32 Å². The van der Waals surface area contributed by atoms with Gasteiger partial charge in [-0.1, -0.05) is 12.5 Å². The van der Waals surface area contributed by atoms with Crippen molar-refractivity contribution in [2.75, 3.05) is 0 Å². The summed E-state index contributed by atoms with van der Waals surface area (Å²) in [6.07, 6.45) is 5.62. The monoisotopic (exact) mass is 258 g/mol. The van der Waals surface area contributed by atoms with Gasteiger partial charge >= 0.3 is 0 Å². The summed E-state index contributed by atoms with van der Waals surface area (Å²) in [5, 5.41) is 3.70. The van der Waals surface area contributed by atoms with E-state index in [1.165, 1.54) is 31.2 Å². The fourth-order valence-corrected chi connectivity index (χ4v) is 3.78. The minimum Gasteiger partial charge on any atom is -0.366 e. The highest BCUT2D eigenvalue weighted by Crippen LogP contribution is 2.44. The fraction of sp³-hybridized carbons (Fsp3) is 0.562. The maximum Gasteiger partial charge on any atom is 0.248 e. The molecule has 0 saturated heterocycles. The normalized spacial score (nSPS) is 28.8. The summed E-state index contributed by atoms with van der Waals surface area (Å²) in [6.45, 7) is 2.95. The average molecular weight is 258 g/mol. The van der Waals surface area contributed by atoms with Crippen molar-refractivity contribution in [1.29, 1.82) is 0 Å². The Kier molecular flexibility index (Phi) is 3.31. The summed E-state index contributed by atoms with van der Waals surface area (Å²) in [6, 6.07) is 6.44. The van der Waals surface area contributed by atoms with Crippen LogP contribution >= 0.6 is 0 Å². The van der Waals surface area contributed by atoms with Crippen molar-refractivity contribution in [3.63, 3.8) is 0 Å². The molecule has 0 spiro atoms. The van der Waals surface area contributed by atoms with Crippen molar-refractivity contribution < 1.29 is 4.79 Å². The molecule has 2 aliphatic rings. The van der Waals surface area contributed by atoms with Crippen LogP contribution in [-0.2, 0) is 6.54 Å². The number of hydrogen-bond acceptors (Lipinski definition) is 2. The summed E-state index contributed by atoms with van der Waals surface area (Å²) in [4.78, 5) is 11.1. The van der Waals surface area contributed by atoms with E-state index >= 15 is 0 Å². The van der Waals surface area contributed by atoms with Crippen molar-refractivity contribution in [2.45, 2.75) is 45.2 Å². The lowest BCUT2D eigenvalue weighted by Crippen LogP contribution is -2.33. The van der Waals surface area contributed by atoms with E-state index in [2.05, 4.69) is 5.32 Å². The van der Waals surface area contributed by atoms with Crippen LogP contribution in [0.25, 0.3) is 0 Å². The van der Waals surface area contributed by atoms with E-state index < -0.39 is 0 Å². The Bertz CT molecular complexity index is 498. The summed E-state index contributed by atoms with van der Waals surface area (Å²) in [7, 11) is 0. The molecule has 0 heterocycles. The van der Waals surface area contributed by atoms with E-state index in [0.717, 1.165) is 23.9 Å². The Morgan fingerprint density at radius 1 is 1.37 bits per heavy atom. The highest BCUT2D eigenvalue weighted by atomic mass is 16.1. The van der Waals surface area contributed by atoms with Gasteiger partial charge in [0.05, 0.1) is 0 Å². The molecule has 102 valence electrons. The van der Waals surface area contributed by atoms with Crippen molar-refractivity contribution >= 4 is 5.91 Å². The van der Waals surface area contributed by atoms with E-state index in [9.17, 15) is 4.79 Å². The Balaban J connectivity index is 1.62. The van der Waals surface area contributed by atoms with Gasteiger partial charge in [-0.05, 0) is 61.3 Å². The Hall–Kier alpha value is -1.35. The average Bonchev–Trinajstić information content (AvgIpc) is 2.99. The number of carbonyl (C=O) groups is 1. The fourth-order valence-electron chi connectivity index (χ4n) is 3.78. The van der Waals surface area contributed by atoms with Crippen LogP contribution in [0.3, 0.4) is 0 Å². The van der Waals surface area contributed by atoms with Gasteiger partial charge < -0.3 is 11.1 Å². The minimum absolute atomic E-state index is 0.351. The van der Waals surface area contributed by atoms with Gasteiger partial charge in [0.2, 0.25) is 5.91 Å². The quantitative estimate of drug-likeness (QED) is 0.871. The van der Waals surface area contributed by atoms with Gasteiger partial charge in [0.15, 0.2) is 0 Å². The number of hydrogen-bond donors (Lipinski definition) is 2. The predicted octanol–water partition coefficient (Wildman–Crippen LogP) is 2.37. The van der Waals surface area contributed by atoms with Crippen LogP contribution in [0.5, 0.6) is 0 Å². The van der Waals surface area contributed by atoms with E-state index in [1.807, 2.05) is 25.1 Å². The van der Waals surface area contributed by atoms with Crippen LogP contribution < -0.4 is 11.1 Å². The number of carbonyl (C=O) groups excluding carboxylic acids is 1.